The first-order chi connectivity index (χ1) is 12.6. The Morgan fingerprint density at radius 2 is 1.92 bits per heavy atom. The summed E-state index contributed by atoms with van der Waals surface area (Å²) in [5, 5.41) is 6.90. The number of anilines is 1. The van der Waals surface area contributed by atoms with E-state index in [1.54, 1.807) is 0 Å². The van der Waals surface area contributed by atoms with Crippen LogP contribution in [0, 0.1) is 0 Å². The first kappa shape index (κ1) is 18.2. The van der Waals surface area contributed by atoms with Gasteiger partial charge in [0.1, 0.15) is 5.82 Å². The second-order valence-electron chi connectivity index (χ2n) is 7.11. The Kier molecular flexibility index (Phi) is 5.76. The molecule has 3 rings (SSSR count). The highest BCUT2D eigenvalue weighted by molar-refractivity contribution is 5.80. The normalized spacial score (nSPS) is 15.4. The molecule has 1 aromatic heterocycles. The molecule has 0 aliphatic heterocycles. The molecule has 0 radical (unpaired) electrons. The SMILES string of the molecule is CCNC(=NCc1ccnc(N(C)C)c1)NCC1(c2ccccc2)CC1. The van der Waals surface area contributed by atoms with Gasteiger partial charge in [0.25, 0.3) is 0 Å². The van der Waals surface area contributed by atoms with Crippen LogP contribution in [0.5, 0.6) is 0 Å². The summed E-state index contributed by atoms with van der Waals surface area (Å²) in [5.74, 6) is 1.83. The van der Waals surface area contributed by atoms with Gasteiger partial charge in [-0.3, -0.25) is 0 Å². The van der Waals surface area contributed by atoms with E-state index in [1.165, 1.54) is 18.4 Å². The van der Waals surface area contributed by atoms with Crippen LogP contribution in [0.4, 0.5) is 5.82 Å². The standard InChI is InChI=1S/C21H29N5/c1-4-22-20(24-15-17-10-13-23-19(14-17)26(2)3)25-16-21(11-12-21)18-8-6-5-7-9-18/h5-10,13-14H,4,11-12,15-16H2,1-3H3,(H2,22,24,25). The van der Waals surface area contributed by atoms with E-state index in [0.29, 0.717) is 6.54 Å². The maximum Gasteiger partial charge on any atom is 0.191 e. The molecule has 0 saturated heterocycles. The number of nitrogens with zero attached hydrogens (tertiary/aromatic N) is 3. The van der Waals surface area contributed by atoms with Gasteiger partial charge in [-0.15, -0.1) is 0 Å². The Bertz CT molecular complexity index is 735. The predicted octanol–water partition coefficient (Wildman–Crippen LogP) is 2.93. The fourth-order valence-electron chi connectivity index (χ4n) is 3.08. The molecule has 0 atom stereocenters. The van der Waals surface area contributed by atoms with Crippen molar-refractivity contribution in [1.29, 1.82) is 0 Å². The van der Waals surface area contributed by atoms with E-state index < -0.39 is 0 Å². The molecule has 0 unspecified atom stereocenters. The van der Waals surface area contributed by atoms with Crippen molar-refractivity contribution >= 4 is 11.8 Å². The number of guanidine groups is 1. The van der Waals surface area contributed by atoms with Crippen molar-refractivity contribution in [2.45, 2.75) is 31.7 Å². The van der Waals surface area contributed by atoms with Crippen LogP contribution < -0.4 is 15.5 Å². The van der Waals surface area contributed by atoms with Crippen molar-refractivity contribution in [3.8, 4) is 0 Å². The predicted molar refractivity (Wildman–Crippen MR) is 109 cm³/mol. The van der Waals surface area contributed by atoms with Crippen LogP contribution in [-0.4, -0.2) is 38.1 Å². The van der Waals surface area contributed by atoms with Gasteiger partial charge in [0.15, 0.2) is 5.96 Å². The first-order valence-electron chi connectivity index (χ1n) is 9.33. The minimum atomic E-state index is 0.270. The number of rotatable bonds is 7. The minimum absolute atomic E-state index is 0.270. The number of aromatic nitrogens is 1. The van der Waals surface area contributed by atoms with Gasteiger partial charge in [-0.25, -0.2) is 9.98 Å². The Morgan fingerprint density at radius 1 is 1.15 bits per heavy atom. The summed E-state index contributed by atoms with van der Waals surface area (Å²) in [6.07, 6.45) is 4.31. The van der Waals surface area contributed by atoms with Gasteiger partial charge in [-0.1, -0.05) is 30.3 Å². The fourth-order valence-corrected chi connectivity index (χ4v) is 3.08. The molecule has 0 spiro atoms. The zero-order chi connectivity index (χ0) is 18.4. The lowest BCUT2D eigenvalue weighted by Gasteiger charge is -2.19. The molecular formula is C21H29N5. The summed E-state index contributed by atoms with van der Waals surface area (Å²) < 4.78 is 0. The van der Waals surface area contributed by atoms with E-state index in [1.807, 2.05) is 31.3 Å². The smallest absolute Gasteiger partial charge is 0.191 e. The second kappa shape index (κ2) is 8.21. The van der Waals surface area contributed by atoms with Crippen LogP contribution in [0.1, 0.15) is 30.9 Å². The molecule has 26 heavy (non-hydrogen) atoms. The zero-order valence-electron chi connectivity index (χ0n) is 16.0. The summed E-state index contributed by atoms with van der Waals surface area (Å²) in [5.41, 5.74) is 2.85. The highest BCUT2D eigenvalue weighted by Crippen LogP contribution is 2.47. The van der Waals surface area contributed by atoms with Crippen LogP contribution in [0.2, 0.25) is 0 Å². The molecule has 1 aromatic carbocycles. The van der Waals surface area contributed by atoms with Crippen molar-refractivity contribution < 1.29 is 0 Å². The van der Waals surface area contributed by atoms with Gasteiger partial charge in [0, 0.05) is 38.8 Å². The van der Waals surface area contributed by atoms with E-state index in [-0.39, 0.29) is 5.41 Å². The molecular weight excluding hydrogens is 322 g/mol. The van der Waals surface area contributed by atoms with Gasteiger partial charge in [0.05, 0.1) is 6.54 Å². The largest absolute Gasteiger partial charge is 0.363 e. The Balaban J connectivity index is 1.64. The molecule has 2 N–H and O–H groups in total. The third kappa shape index (κ3) is 4.54. The van der Waals surface area contributed by atoms with E-state index in [0.717, 1.165) is 30.4 Å². The Labute approximate surface area is 156 Å². The van der Waals surface area contributed by atoms with Crippen LogP contribution in [0.25, 0.3) is 0 Å². The maximum absolute atomic E-state index is 4.76. The van der Waals surface area contributed by atoms with Crippen molar-refractivity contribution in [3.63, 3.8) is 0 Å². The summed E-state index contributed by atoms with van der Waals surface area (Å²) in [4.78, 5) is 11.1. The lowest BCUT2D eigenvalue weighted by Crippen LogP contribution is -2.41. The van der Waals surface area contributed by atoms with Crippen molar-refractivity contribution in [2.24, 2.45) is 4.99 Å². The number of hydrogen-bond donors (Lipinski definition) is 2. The molecule has 0 amide bonds. The monoisotopic (exact) mass is 351 g/mol. The molecule has 1 heterocycles. The second-order valence-corrected chi connectivity index (χ2v) is 7.11. The average Bonchev–Trinajstić information content (AvgIpc) is 3.46. The lowest BCUT2D eigenvalue weighted by atomic mass is 9.96. The van der Waals surface area contributed by atoms with Crippen molar-refractivity contribution in [2.75, 3.05) is 32.1 Å². The highest BCUT2D eigenvalue weighted by Gasteiger charge is 2.43. The number of pyridine rings is 1. The van der Waals surface area contributed by atoms with Crippen LogP contribution in [0.3, 0.4) is 0 Å². The molecule has 1 aliphatic rings. The topological polar surface area (TPSA) is 52.6 Å². The van der Waals surface area contributed by atoms with E-state index in [9.17, 15) is 0 Å². The first-order valence-corrected chi connectivity index (χ1v) is 9.33. The third-order valence-electron chi connectivity index (χ3n) is 4.87. The molecule has 5 nitrogen and oxygen atoms in total. The van der Waals surface area contributed by atoms with Crippen molar-refractivity contribution in [3.05, 3.63) is 59.8 Å². The number of aliphatic imine (C=N–C) groups is 1. The zero-order valence-corrected chi connectivity index (χ0v) is 16.0. The highest BCUT2D eigenvalue weighted by atomic mass is 15.2. The van der Waals surface area contributed by atoms with Crippen molar-refractivity contribution in [1.82, 2.24) is 15.6 Å². The van der Waals surface area contributed by atoms with Crippen LogP contribution in [-0.2, 0) is 12.0 Å². The molecule has 1 fully saturated rings. The fraction of sp³-hybridized carbons (Fsp3) is 0.429. The molecule has 1 saturated carbocycles. The number of nitrogens with one attached hydrogen (secondary N) is 2. The molecule has 0 bridgehead atoms. The molecule has 1 aliphatic carbocycles. The summed E-state index contributed by atoms with van der Waals surface area (Å²) in [7, 11) is 4.00. The van der Waals surface area contributed by atoms with Gasteiger partial charge < -0.3 is 15.5 Å². The third-order valence-corrected chi connectivity index (χ3v) is 4.87. The Morgan fingerprint density at radius 3 is 2.58 bits per heavy atom. The molecule has 5 heteroatoms. The summed E-state index contributed by atoms with van der Waals surface area (Å²) in [6, 6.07) is 14.9. The van der Waals surface area contributed by atoms with Gasteiger partial charge in [-0.05, 0) is 43.0 Å². The Hall–Kier alpha value is -2.56. The maximum atomic E-state index is 4.76. The summed E-state index contributed by atoms with van der Waals surface area (Å²) in [6.45, 7) is 4.50. The van der Waals surface area contributed by atoms with Gasteiger partial charge >= 0.3 is 0 Å². The number of hydrogen-bond acceptors (Lipinski definition) is 3. The van der Waals surface area contributed by atoms with E-state index >= 15 is 0 Å². The quantitative estimate of drug-likeness (QED) is 0.595. The average molecular weight is 351 g/mol. The van der Waals surface area contributed by atoms with Gasteiger partial charge in [0.2, 0.25) is 0 Å². The van der Waals surface area contributed by atoms with E-state index in [4.69, 9.17) is 4.99 Å². The summed E-state index contributed by atoms with van der Waals surface area (Å²) >= 11 is 0. The minimum Gasteiger partial charge on any atom is -0.363 e. The molecule has 138 valence electrons. The number of benzene rings is 1. The van der Waals surface area contributed by atoms with Crippen LogP contribution >= 0.6 is 0 Å². The van der Waals surface area contributed by atoms with E-state index in [2.05, 4.69) is 58.9 Å². The molecule has 2 aromatic rings. The van der Waals surface area contributed by atoms with Crippen LogP contribution in [0.15, 0.2) is 53.7 Å². The lowest BCUT2D eigenvalue weighted by molar-refractivity contribution is 0.646. The van der Waals surface area contributed by atoms with Gasteiger partial charge in [-0.2, -0.15) is 0 Å².